The molecule has 90 valence electrons. The first-order valence-electron chi connectivity index (χ1n) is 5.22. The van der Waals surface area contributed by atoms with E-state index >= 15 is 0 Å². The van der Waals surface area contributed by atoms with Gasteiger partial charge in [0, 0.05) is 6.42 Å². The number of aliphatic hydroxyl groups excluding tert-OH is 2. The molecule has 0 aromatic heterocycles. The predicted octanol–water partition coefficient (Wildman–Crippen LogP) is 1.81. The highest BCUT2D eigenvalue weighted by molar-refractivity contribution is 7.98. The third-order valence-electron chi connectivity index (χ3n) is 2.26. The molecule has 0 aliphatic rings. The van der Waals surface area contributed by atoms with Crippen LogP contribution in [0.2, 0.25) is 0 Å². The van der Waals surface area contributed by atoms with Gasteiger partial charge in [0.2, 0.25) is 0 Å². The molecule has 2 atom stereocenters. The smallest absolute Gasteiger partial charge is 0.0926 e. The van der Waals surface area contributed by atoms with Crippen LogP contribution >= 0.6 is 11.8 Å². The van der Waals surface area contributed by atoms with Crippen molar-refractivity contribution in [2.45, 2.75) is 18.6 Å². The molecule has 2 unspecified atom stereocenters. The van der Waals surface area contributed by atoms with Crippen LogP contribution in [0.3, 0.4) is 0 Å². The van der Waals surface area contributed by atoms with Crippen LogP contribution in [0.4, 0.5) is 0 Å². The molecule has 2 N–H and O–H groups in total. The van der Waals surface area contributed by atoms with Gasteiger partial charge in [0.25, 0.3) is 0 Å². The van der Waals surface area contributed by atoms with Crippen molar-refractivity contribution < 1.29 is 14.9 Å². The van der Waals surface area contributed by atoms with Gasteiger partial charge in [-0.2, -0.15) is 0 Å². The Hall–Kier alpha value is -0.550. The molecule has 0 heterocycles. The summed E-state index contributed by atoms with van der Waals surface area (Å²) in [5.74, 6) is 0.581. The zero-order chi connectivity index (χ0) is 11.8. The van der Waals surface area contributed by atoms with Gasteiger partial charge in [-0.25, -0.2) is 0 Å². The fourth-order valence-corrected chi connectivity index (χ4v) is 1.74. The predicted molar refractivity (Wildman–Crippen MR) is 66.4 cm³/mol. The summed E-state index contributed by atoms with van der Waals surface area (Å²) in [5.41, 5.74) is 1.03. The molecule has 0 fully saturated rings. The van der Waals surface area contributed by atoms with Gasteiger partial charge in [0.15, 0.2) is 0 Å². The van der Waals surface area contributed by atoms with Gasteiger partial charge in [-0.05, 0) is 11.8 Å². The molecule has 1 aromatic carbocycles. The van der Waals surface area contributed by atoms with Crippen LogP contribution < -0.4 is 0 Å². The molecule has 1 aromatic rings. The van der Waals surface area contributed by atoms with Crippen LogP contribution in [0.15, 0.2) is 30.3 Å². The molecule has 1 rings (SSSR count). The summed E-state index contributed by atoms with van der Waals surface area (Å²) in [5, 5.41) is 18.3. The second kappa shape index (κ2) is 7.68. The summed E-state index contributed by atoms with van der Waals surface area (Å²) < 4.78 is 5.64. The maximum absolute atomic E-state index is 9.45. The minimum absolute atomic E-state index is 0.157. The molecule has 16 heavy (non-hydrogen) atoms. The van der Waals surface area contributed by atoms with Crippen molar-refractivity contribution in [3.05, 3.63) is 35.9 Å². The minimum Gasteiger partial charge on any atom is -0.394 e. The van der Waals surface area contributed by atoms with Gasteiger partial charge in [-0.1, -0.05) is 30.3 Å². The number of hydrogen-bond acceptors (Lipinski definition) is 4. The van der Waals surface area contributed by atoms with Gasteiger partial charge in [0.1, 0.15) is 0 Å². The zero-order valence-electron chi connectivity index (χ0n) is 9.37. The molecule has 0 spiro atoms. The lowest BCUT2D eigenvalue weighted by atomic mass is 10.0. The van der Waals surface area contributed by atoms with E-state index in [2.05, 4.69) is 0 Å². The van der Waals surface area contributed by atoms with Crippen LogP contribution in [0.1, 0.15) is 18.1 Å². The molecular weight excluding hydrogens is 224 g/mol. The van der Waals surface area contributed by atoms with E-state index in [4.69, 9.17) is 9.84 Å². The summed E-state index contributed by atoms with van der Waals surface area (Å²) in [6.07, 6.45) is 1.49. The number of rotatable bonds is 7. The van der Waals surface area contributed by atoms with Crippen molar-refractivity contribution >= 4 is 11.8 Å². The largest absolute Gasteiger partial charge is 0.394 e. The average molecular weight is 242 g/mol. The number of ether oxygens (including phenoxy) is 1. The van der Waals surface area contributed by atoms with Crippen molar-refractivity contribution in [1.82, 2.24) is 0 Å². The van der Waals surface area contributed by atoms with Crippen molar-refractivity contribution in [3.63, 3.8) is 0 Å². The quantitative estimate of drug-likeness (QED) is 0.716. The standard InChI is InChI=1S/C12H18O3S/c1-16-9-15-12(7-11(14)8-13)10-5-3-2-4-6-10/h2-6,11-14H,7-9H2,1H3. The first-order valence-corrected chi connectivity index (χ1v) is 6.61. The topological polar surface area (TPSA) is 49.7 Å². The molecule has 3 nitrogen and oxygen atoms in total. The fourth-order valence-electron chi connectivity index (χ4n) is 1.44. The van der Waals surface area contributed by atoms with Crippen LogP contribution in [0.25, 0.3) is 0 Å². The van der Waals surface area contributed by atoms with E-state index in [1.807, 2.05) is 36.6 Å². The maximum Gasteiger partial charge on any atom is 0.0926 e. The van der Waals surface area contributed by atoms with Crippen LogP contribution in [-0.4, -0.2) is 35.1 Å². The van der Waals surface area contributed by atoms with Crippen LogP contribution in [-0.2, 0) is 4.74 Å². The molecule has 4 heteroatoms. The molecular formula is C12H18O3S. The Labute approximate surface area is 100 Å². The lowest BCUT2D eigenvalue weighted by molar-refractivity contribution is 0.0142. The van der Waals surface area contributed by atoms with Gasteiger partial charge in [0.05, 0.1) is 24.8 Å². The summed E-state index contributed by atoms with van der Waals surface area (Å²) in [4.78, 5) is 0. The Balaban J connectivity index is 2.63. The first kappa shape index (κ1) is 13.5. The van der Waals surface area contributed by atoms with Crippen LogP contribution in [0, 0.1) is 0 Å². The maximum atomic E-state index is 9.45. The Morgan fingerprint density at radius 1 is 1.31 bits per heavy atom. The molecule has 0 aliphatic heterocycles. The third-order valence-corrected chi connectivity index (χ3v) is 2.63. The number of hydrogen-bond donors (Lipinski definition) is 2. The lowest BCUT2D eigenvalue weighted by Crippen LogP contribution is -2.18. The third kappa shape index (κ3) is 4.53. The van der Waals surface area contributed by atoms with Crippen molar-refractivity contribution in [1.29, 1.82) is 0 Å². The van der Waals surface area contributed by atoms with E-state index < -0.39 is 6.10 Å². The summed E-state index contributed by atoms with van der Waals surface area (Å²) in [7, 11) is 0. The van der Waals surface area contributed by atoms with Crippen molar-refractivity contribution in [2.24, 2.45) is 0 Å². The molecule has 0 saturated heterocycles. The fraction of sp³-hybridized carbons (Fsp3) is 0.500. The summed E-state index contributed by atoms with van der Waals surface area (Å²) in [6.45, 7) is -0.230. The number of aliphatic hydroxyl groups is 2. The second-order valence-corrected chi connectivity index (χ2v) is 4.36. The van der Waals surface area contributed by atoms with Crippen molar-refractivity contribution in [2.75, 3.05) is 18.8 Å². The summed E-state index contributed by atoms with van der Waals surface area (Å²) >= 11 is 1.59. The Morgan fingerprint density at radius 2 is 2.00 bits per heavy atom. The normalized spacial score (nSPS) is 14.7. The summed E-state index contributed by atoms with van der Waals surface area (Å²) in [6, 6.07) is 9.76. The van der Waals surface area contributed by atoms with Gasteiger partial charge < -0.3 is 14.9 Å². The van der Waals surface area contributed by atoms with E-state index in [0.29, 0.717) is 12.4 Å². The highest BCUT2D eigenvalue weighted by atomic mass is 32.2. The monoisotopic (exact) mass is 242 g/mol. The SMILES string of the molecule is CSCOC(CC(O)CO)c1ccccc1. The Bertz CT molecular complexity index is 279. The van der Waals surface area contributed by atoms with E-state index in [9.17, 15) is 5.11 Å². The molecule has 0 aliphatic carbocycles. The Kier molecular flexibility index (Phi) is 6.49. The zero-order valence-corrected chi connectivity index (χ0v) is 10.2. The van der Waals surface area contributed by atoms with Crippen LogP contribution in [0.5, 0.6) is 0 Å². The van der Waals surface area contributed by atoms with Gasteiger partial charge in [-0.3, -0.25) is 0 Å². The van der Waals surface area contributed by atoms with Gasteiger partial charge >= 0.3 is 0 Å². The molecule has 0 radical (unpaired) electrons. The average Bonchev–Trinajstić information content (AvgIpc) is 2.35. The minimum atomic E-state index is -0.730. The lowest BCUT2D eigenvalue weighted by Gasteiger charge is -2.20. The van der Waals surface area contributed by atoms with E-state index in [0.717, 1.165) is 5.56 Å². The number of benzene rings is 1. The second-order valence-electron chi connectivity index (χ2n) is 3.54. The number of thioether (sulfide) groups is 1. The highest BCUT2D eigenvalue weighted by Crippen LogP contribution is 2.23. The van der Waals surface area contributed by atoms with E-state index in [1.165, 1.54) is 0 Å². The Morgan fingerprint density at radius 3 is 2.56 bits per heavy atom. The molecule has 0 saturated carbocycles. The van der Waals surface area contributed by atoms with Crippen molar-refractivity contribution in [3.8, 4) is 0 Å². The molecule has 0 bridgehead atoms. The van der Waals surface area contributed by atoms with E-state index in [1.54, 1.807) is 11.8 Å². The highest BCUT2D eigenvalue weighted by Gasteiger charge is 2.16. The van der Waals surface area contributed by atoms with E-state index in [-0.39, 0.29) is 12.7 Å². The molecule has 0 amide bonds. The first-order chi connectivity index (χ1) is 7.77. The van der Waals surface area contributed by atoms with Gasteiger partial charge in [-0.15, -0.1) is 11.8 Å².